The smallest absolute Gasteiger partial charge is 0.240 e. The van der Waals surface area contributed by atoms with Crippen LogP contribution in [0.5, 0.6) is 0 Å². The van der Waals surface area contributed by atoms with E-state index in [-0.39, 0.29) is 0 Å². The highest BCUT2D eigenvalue weighted by atomic mass is 32.2. The first kappa shape index (κ1) is 16.3. The van der Waals surface area contributed by atoms with Gasteiger partial charge in [0.15, 0.2) is 0 Å². The maximum Gasteiger partial charge on any atom is 0.240 e. The number of piperidine rings is 1. The molecule has 0 atom stereocenters. The average Bonchev–Trinajstić information content (AvgIpc) is 2.40. The van der Waals surface area contributed by atoms with Gasteiger partial charge in [-0.2, -0.15) is 0 Å². The maximum atomic E-state index is 12.3. The summed E-state index contributed by atoms with van der Waals surface area (Å²) in [5.41, 5.74) is 6.92. The third kappa shape index (κ3) is 4.43. The molecule has 6 heteroatoms. The van der Waals surface area contributed by atoms with Crippen molar-refractivity contribution in [2.75, 3.05) is 32.4 Å². The lowest BCUT2D eigenvalue weighted by atomic mass is 9.94. The van der Waals surface area contributed by atoms with Crippen molar-refractivity contribution in [3.05, 3.63) is 23.8 Å². The highest BCUT2D eigenvalue weighted by Crippen LogP contribution is 2.20. The fraction of sp³-hybridized carbons (Fsp3) is 0.600. The Labute approximate surface area is 127 Å². The van der Waals surface area contributed by atoms with Crippen LogP contribution < -0.4 is 10.5 Å². The number of rotatable bonds is 5. The van der Waals surface area contributed by atoms with Crippen molar-refractivity contribution in [2.24, 2.45) is 5.92 Å². The van der Waals surface area contributed by atoms with E-state index >= 15 is 0 Å². The monoisotopic (exact) mass is 311 g/mol. The van der Waals surface area contributed by atoms with E-state index in [4.69, 9.17) is 5.73 Å². The summed E-state index contributed by atoms with van der Waals surface area (Å²) in [5.74, 6) is 0.622. The number of aryl methyl sites for hydroxylation is 1. The number of nitrogens with two attached hydrogens (primary N) is 1. The van der Waals surface area contributed by atoms with Gasteiger partial charge in [-0.1, -0.05) is 0 Å². The molecule has 5 nitrogen and oxygen atoms in total. The summed E-state index contributed by atoms with van der Waals surface area (Å²) >= 11 is 0. The molecule has 0 aliphatic carbocycles. The van der Waals surface area contributed by atoms with Crippen LogP contribution in [0.3, 0.4) is 0 Å². The van der Waals surface area contributed by atoms with Crippen molar-refractivity contribution in [3.8, 4) is 0 Å². The van der Waals surface area contributed by atoms with E-state index in [1.807, 2.05) is 0 Å². The Balaban J connectivity index is 1.89. The summed E-state index contributed by atoms with van der Waals surface area (Å²) in [6, 6.07) is 4.88. The summed E-state index contributed by atoms with van der Waals surface area (Å²) < 4.78 is 27.3. The molecule has 0 saturated carbocycles. The van der Waals surface area contributed by atoms with E-state index in [2.05, 4.69) is 16.7 Å². The van der Waals surface area contributed by atoms with E-state index < -0.39 is 10.0 Å². The van der Waals surface area contributed by atoms with Gasteiger partial charge in [-0.25, -0.2) is 13.1 Å². The number of likely N-dealkylation sites (tertiary alicyclic amines) is 1. The molecule has 1 fully saturated rings. The summed E-state index contributed by atoms with van der Waals surface area (Å²) in [6.45, 7) is 4.48. The zero-order valence-electron chi connectivity index (χ0n) is 12.8. The number of sulfonamides is 1. The Morgan fingerprint density at radius 3 is 2.62 bits per heavy atom. The van der Waals surface area contributed by atoms with Crippen LogP contribution in [-0.4, -0.2) is 40.0 Å². The van der Waals surface area contributed by atoms with Gasteiger partial charge in [0.05, 0.1) is 4.90 Å². The van der Waals surface area contributed by atoms with Crippen LogP contribution in [0.25, 0.3) is 0 Å². The number of anilines is 1. The van der Waals surface area contributed by atoms with Gasteiger partial charge >= 0.3 is 0 Å². The average molecular weight is 311 g/mol. The van der Waals surface area contributed by atoms with E-state index in [1.165, 1.54) is 0 Å². The molecule has 0 spiro atoms. The summed E-state index contributed by atoms with van der Waals surface area (Å²) in [4.78, 5) is 2.64. The standard InChI is InChI=1S/C15H25N3O2S/c1-12-11-14(16)3-4-15(12)21(19,20)17-8-5-13-6-9-18(2)10-7-13/h3-4,11,13,17H,5-10,16H2,1-2H3. The van der Waals surface area contributed by atoms with Crippen LogP contribution in [0.1, 0.15) is 24.8 Å². The Morgan fingerprint density at radius 2 is 2.00 bits per heavy atom. The van der Waals surface area contributed by atoms with Crippen LogP contribution in [0.15, 0.2) is 23.1 Å². The number of hydrogen-bond donors (Lipinski definition) is 2. The minimum absolute atomic E-state index is 0.320. The molecule has 0 bridgehead atoms. The number of nitrogens with one attached hydrogen (secondary N) is 1. The van der Waals surface area contributed by atoms with Crippen molar-refractivity contribution >= 4 is 15.7 Å². The molecular weight excluding hydrogens is 286 g/mol. The van der Waals surface area contributed by atoms with Crippen LogP contribution in [0.2, 0.25) is 0 Å². The third-order valence-corrected chi connectivity index (χ3v) is 5.79. The first-order valence-corrected chi connectivity index (χ1v) is 8.91. The van der Waals surface area contributed by atoms with E-state index in [0.717, 1.165) is 32.4 Å². The van der Waals surface area contributed by atoms with Crippen LogP contribution in [0, 0.1) is 12.8 Å². The lowest BCUT2D eigenvalue weighted by molar-refractivity contribution is 0.213. The van der Waals surface area contributed by atoms with E-state index in [1.54, 1.807) is 25.1 Å². The minimum Gasteiger partial charge on any atom is -0.399 e. The number of hydrogen-bond acceptors (Lipinski definition) is 4. The second-order valence-corrected chi connectivity index (χ2v) is 7.69. The van der Waals surface area contributed by atoms with Gasteiger partial charge in [-0.05, 0) is 76.0 Å². The van der Waals surface area contributed by atoms with Crippen molar-refractivity contribution in [2.45, 2.75) is 31.1 Å². The first-order chi connectivity index (χ1) is 9.88. The molecule has 2 rings (SSSR count). The second-order valence-electron chi connectivity index (χ2n) is 5.96. The second kappa shape index (κ2) is 6.77. The molecule has 1 aliphatic heterocycles. The summed E-state index contributed by atoms with van der Waals surface area (Å²) in [6.07, 6.45) is 3.21. The normalized spacial score (nSPS) is 18.0. The summed E-state index contributed by atoms with van der Waals surface area (Å²) in [7, 11) is -1.31. The number of nitrogens with zero attached hydrogens (tertiary/aromatic N) is 1. The van der Waals surface area contributed by atoms with Crippen LogP contribution in [-0.2, 0) is 10.0 Å². The Bertz CT molecular complexity index is 579. The molecular formula is C15H25N3O2S. The molecule has 21 heavy (non-hydrogen) atoms. The van der Waals surface area contributed by atoms with Gasteiger partial charge in [-0.3, -0.25) is 0 Å². The zero-order chi connectivity index (χ0) is 15.5. The van der Waals surface area contributed by atoms with E-state index in [9.17, 15) is 8.42 Å². The molecule has 0 amide bonds. The first-order valence-electron chi connectivity index (χ1n) is 7.43. The Hall–Kier alpha value is -1.11. The molecule has 0 aromatic heterocycles. The summed E-state index contributed by atoms with van der Waals surface area (Å²) in [5, 5.41) is 0. The molecule has 1 saturated heterocycles. The topological polar surface area (TPSA) is 75.4 Å². The van der Waals surface area contributed by atoms with Gasteiger partial charge in [0.1, 0.15) is 0 Å². The lowest BCUT2D eigenvalue weighted by Gasteiger charge is -2.28. The molecule has 118 valence electrons. The number of nitrogen functional groups attached to an aromatic ring is 1. The maximum absolute atomic E-state index is 12.3. The molecule has 3 N–H and O–H groups in total. The quantitative estimate of drug-likeness (QED) is 0.810. The van der Waals surface area contributed by atoms with Crippen molar-refractivity contribution in [1.82, 2.24) is 9.62 Å². The number of benzene rings is 1. The van der Waals surface area contributed by atoms with Gasteiger partial charge in [0.25, 0.3) is 0 Å². The molecule has 1 aliphatic rings. The van der Waals surface area contributed by atoms with Crippen LogP contribution >= 0.6 is 0 Å². The lowest BCUT2D eigenvalue weighted by Crippen LogP contribution is -2.32. The van der Waals surface area contributed by atoms with Crippen molar-refractivity contribution < 1.29 is 8.42 Å². The minimum atomic E-state index is -3.44. The highest BCUT2D eigenvalue weighted by Gasteiger charge is 2.19. The van der Waals surface area contributed by atoms with Crippen molar-refractivity contribution in [3.63, 3.8) is 0 Å². The molecule has 1 heterocycles. The van der Waals surface area contributed by atoms with Gasteiger partial charge < -0.3 is 10.6 Å². The molecule has 0 unspecified atom stereocenters. The molecule has 1 aromatic carbocycles. The van der Waals surface area contributed by atoms with Gasteiger partial charge in [0, 0.05) is 12.2 Å². The Morgan fingerprint density at radius 1 is 1.33 bits per heavy atom. The van der Waals surface area contributed by atoms with E-state index in [0.29, 0.717) is 28.6 Å². The fourth-order valence-electron chi connectivity index (χ4n) is 2.80. The largest absolute Gasteiger partial charge is 0.399 e. The zero-order valence-corrected chi connectivity index (χ0v) is 13.6. The van der Waals surface area contributed by atoms with Gasteiger partial charge in [-0.15, -0.1) is 0 Å². The molecule has 1 aromatic rings. The highest BCUT2D eigenvalue weighted by molar-refractivity contribution is 7.89. The SMILES string of the molecule is Cc1cc(N)ccc1S(=O)(=O)NCCC1CCN(C)CC1. The molecule has 0 radical (unpaired) electrons. The fourth-order valence-corrected chi connectivity index (χ4v) is 4.07. The predicted molar refractivity (Wildman–Crippen MR) is 85.6 cm³/mol. The van der Waals surface area contributed by atoms with Gasteiger partial charge in [0.2, 0.25) is 10.0 Å². The third-order valence-electron chi connectivity index (χ3n) is 4.17. The van der Waals surface area contributed by atoms with Crippen molar-refractivity contribution in [1.29, 1.82) is 0 Å². The van der Waals surface area contributed by atoms with Crippen LogP contribution in [0.4, 0.5) is 5.69 Å². The predicted octanol–water partition coefficient (Wildman–Crippen LogP) is 1.59. The Kier molecular flexibility index (Phi) is 5.24.